The molecule has 22 heavy (non-hydrogen) atoms. The number of rotatable bonds is 4. The number of aryl methyl sites for hydroxylation is 2. The first-order chi connectivity index (χ1) is 10.4. The smallest absolute Gasteiger partial charge is 0.274 e. The van der Waals surface area contributed by atoms with Crippen LogP contribution in [0.25, 0.3) is 0 Å². The molecule has 0 saturated carbocycles. The lowest BCUT2D eigenvalue weighted by Crippen LogP contribution is -2.28. The third-order valence-corrected chi connectivity index (χ3v) is 3.36. The van der Waals surface area contributed by atoms with Gasteiger partial charge in [-0.15, -0.1) is 0 Å². The van der Waals surface area contributed by atoms with E-state index in [-0.39, 0.29) is 11.9 Å². The summed E-state index contributed by atoms with van der Waals surface area (Å²) in [6.45, 7) is 3.67. The van der Waals surface area contributed by atoms with Gasteiger partial charge >= 0.3 is 0 Å². The second kappa shape index (κ2) is 6.40. The minimum Gasteiger partial charge on any atom is -0.344 e. The van der Waals surface area contributed by atoms with E-state index < -0.39 is 5.91 Å². The van der Waals surface area contributed by atoms with Gasteiger partial charge < -0.3 is 5.32 Å². The molecule has 0 spiro atoms. The molecule has 2 aromatic rings. The standard InChI is InChI=1S/C15H18N4O3/c1-9-8-13(19(3)17-9)15(21)16-10(2)11-4-6-12(7-5-11)14(20)18-22/h4-8,10,22H,1-3H3,(H,16,21)(H,18,20). The lowest BCUT2D eigenvalue weighted by Gasteiger charge is -2.14. The lowest BCUT2D eigenvalue weighted by atomic mass is 10.1. The highest BCUT2D eigenvalue weighted by Gasteiger charge is 2.15. The molecule has 2 amide bonds. The average Bonchev–Trinajstić information content (AvgIpc) is 2.85. The summed E-state index contributed by atoms with van der Waals surface area (Å²) in [6.07, 6.45) is 0. The Morgan fingerprint density at radius 1 is 1.23 bits per heavy atom. The summed E-state index contributed by atoms with van der Waals surface area (Å²) in [7, 11) is 1.72. The highest BCUT2D eigenvalue weighted by Crippen LogP contribution is 2.14. The summed E-state index contributed by atoms with van der Waals surface area (Å²) in [5.74, 6) is -0.790. The van der Waals surface area contributed by atoms with Gasteiger partial charge in [-0.2, -0.15) is 5.10 Å². The third-order valence-electron chi connectivity index (χ3n) is 3.36. The second-order valence-electron chi connectivity index (χ2n) is 5.05. The molecule has 1 aromatic carbocycles. The van der Waals surface area contributed by atoms with Crippen molar-refractivity contribution in [1.29, 1.82) is 0 Å². The van der Waals surface area contributed by atoms with Crippen LogP contribution in [0.3, 0.4) is 0 Å². The average molecular weight is 302 g/mol. The van der Waals surface area contributed by atoms with Crippen LogP contribution in [0.15, 0.2) is 30.3 Å². The number of carbonyl (C=O) groups is 2. The van der Waals surface area contributed by atoms with Crippen molar-refractivity contribution in [3.63, 3.8) is 0 Å². The van der Waals surface area contributed by atoms with E-state index in [4.69, 9.17) is 5.21 Å². The second-order valence-corrected chi connectivity index (χ2v) is 5.05. The van der Waals surface area contributed by atoms with Gasteiger partial charge in [0.2, 0.25) is 0 Å². The van der Waals surface area contributed by atoms with E-state index in [1.807, 2.05) is 13.8 Å². The van der Waals surface area contributed by atoms with Crippen molar-refractivity contribution in [3.05, 3.63) is 52.8 Å². The Morgan fingerprint density at radius 2 is 1.86 bits per heavy atom. The largest absolute Gasteiger partial charge is 0.344 e. The Bertz CT molecular complexity index is 691. The summed E-state index contributed by atoms with van der Waals surface area (Å²) in [4.78, 5) is 23.5. The Labute approximate surface area is 127 Å². The molecule has 7 nitrogen and oxygen atoms in total. The molecule has 0 aliphatic rings. The number of aromatic nitrogens is 2. The zero-order valence-corrected chi connectivity index (χ0v) is 12.6. The maximum atomic E-state index is 12.2. The van der Waals surface area contributed by atoms with Crippen LogP contribution in [-0.2, 0) is 7.05 Å². The van der Waals surface area contributed by atoms with E-state index in [0.29, 0.717) is 11.3 Å². The predicted octanol–water partition coefficient (Wildman–Crippen LogP) is 1.34. The van der Waals surface area contributed by atoms with Gasteiger partial charge in [-0.3, -0.25) is 19.5 Å². The molecule has 0 radical (unpaired) electrons. The number of hydrogen-bond acceptors (Lipinski definition) is 4. The quantitative estimate of drug-likeness (QED) is 0.586. The first-order valence-electron chi connectivity index (χ1n) is 6.78. The number of amides is 2. The number of hydroxylamine groups is 1. The van der Waals surface area contributed by atoms with Crippen LogP contribution in [0, 0.1) is 6.92 Å². The van der Waals surface area contributed by atoms with E-state index in [0.717, 1.165) is 11.3 Å². The molecule has 1 aromatic heterocycles. The molecular formula is C15H18N4O3. The zero-order valence-electron chi connectivity index (χ0n) is 12.6. The summed E-state index contributed by atoms with van der Waals surface area (Å²) in [5, 5.41) is 15.6. The van der Waals surface area contributed by atoms with Gasteiger partial charge in [-0.1, -0.05) is 12.1 Å². The maximum absolute atomic E-state index is 12.2. The Hall–Kier alpha value is -2.67. The van der Waals surface area contributed by atoms with Crippen molar-refractivity contribution in [2.45, 2.75) is 19.9 Å². The van der Waals surface area contributed by atoms with Gasteiger partial charge in [0.25, 0.3) is 11.8 Å². The fourth-order valence-corrected chi connectivity index (χ4v) is 2.16. The van der Waals surface area contributed by atoms with Gasteiger partial charge in [-0.05, 0) is 37.6 Å². The monoisotopic (exact) mass is 302 g/mol. The molecule has 3 N–H and O–H groups in total. The van der Waals surface area contributed by atoms with Gasteiger partial charge in [0, 0.05) is 12.6 Å². The topological polar surface area (TPSA) is 96.3 Å². The van der Waals surface area contributed by atoms with Gasteiger partial charge in [-0.25, -0.2) is 5.48 Å². The van der Waals surface area contributed by atoms with Crippen molar-refractivity contribution in [2.24, 2.45) is 7.05 Å². The lowest BCUT2D eigenvalue weighted by molar-refractivity contribution is 0.0706. The molecule has 1 heterocycles. The van der Waals surface area contributed by atoms with Crippen LogP contribution in [0.2, 0.25) is 0 Å². The van der Waals surface area contributed by atoms with E-state index >= 15 is 0 Å². The van der Waals surface area contributed by atoms with Crippen molar-refractivity contribution < 1.29 is 14.8 Å². The first kappa shape index (κ1) is 15.7. The number of benzene rings is 1. The summed E-state index contributed by atoms with van der Waals surface area (Å²) < 4.78 is 1.53. The fourth-order valence-electron chi connectivity index (χ4n) is 2.16. The van der Waals surface area contributed by atoms with Crippen molar-refractivity contribution in [1.82, 2.24) is 20.6 Å². The fraction of sp³-hybridized carbons (Fsp3) is 0.267. The normalized spacial score (nSPS) is 11.8. The molecule has 0 fully saturated rings. The number of hydrogen-bond donors (Lipinski definition) is 3. The van der Waals surface area contributed by atoms with Crippen molar-refractivity contribution in [3.8, 4) is 0 Å². The predicted molar refractivity (Wildman–Crippen MR) is 79.5 cm³/mol. The minimum absolute atomic E-state index is 0.215. The van der Waals surface area contributed by atoms with Crippen LogP contribution in [0.1, 0.15) is 45.1 Å². The minimum atomic E-state index is -0.575. The van der Waals surface area contributed by atoms with E-state index in [2.05, 4.69) is 10.4 Å². The molecule has 0 aliphatic heterocycles. The van der Waals surface area contributed by atoms with Crippen LogP contribution in [-0.4, -0.2) is 26.8 Å². The summed E-state index contributed by atoms with van der Waals surface area (Å²) >= 11 is 0. The van der Waals surface area contributed by atoms with E-state index in [1.165, 1.54) is 4.68 Å². The van der Waals surface area contributed by atoms with E-state index in [9.17, 15) is 9.59 Å². The number of carbonyl (C=O) groups excluding carboxylic acids is 2. The highest BCUT2D eigenvalue weighted by molar-refractivity contribution is 5.94. The molecule has 7 heteroatoms. The van der Waals surface area contributed by atoms with Crippen LogP contribution >= 0.6 is 0 Å². The van der Waals surface area contributed by atoms with Gasteiger partial charge in [0.1, 0.15) is 5.69 Å². The van der Waals surface area contributed by atoms with Gasteiger partial charge in [0.05, 0.1) is 11.7 Å². The van der Waals surface area contributed by atoms with E-state index in [1.54, 1.807) is 42.9 Å². The van der Waals surface area contributed by atoms with Crippen molar-refractivity contribution >= 4 is 11.8 Å². The number of nitrogens with zero attached hydrogens (tertiary/aromatic N) is 2. The molecule has 1 unspecified atom stereocenters. The molecule has 0 aliphatic carbocycles. The van der Waals surface area contributed by atoms with Crippen LogP contribution in [0.5, 0.6) is 0 Å². The zero-order chi connectivity index (χ0) is 16.3. The Kier molecular flexibility index (Phi) is 4.57. The Balaban J connectivity index is 2.08. The molecule has 0 bridgehead atoms. The Morgan fingerprint density at radius 3 is 2.36 bits per heavy atom. The highest BCUT2D eigenvalue weighted by atomic mass is 16.5. The first-order valence-corrected chi connectivity index (χ1v) is 6.78. The SMILES string of the molecule is Cc1cc(C(=O)NC(C)c2ccc(C(=O)NO)cc2)n(C)n1. The number of nitrogens with one attached hydrogen (secondary N) is 2. The van der Waals surface area contributed by atoms with Crippen molar-refractivity contribution in [2.75, 3.05) is 0 Å². The summed E-state index contributed by atoms with van der Waals surface area (Å²) in [5.41, 5.74) is 4.03. The molecule has 1 atom stereocenters. The summed E-state index contributed by atoms with van der Waals surface area (Å²) in [6, 6.07) is 8.11. The molecular weight excluding hydrogens is 284 g/mol. The van der Waals surface area contributed by atoms with Crippen LogP contribution in [0.4, 0.5) is 0 Å². The molecule has 2 rings (SSSR count). The molecule has 116 valence electrons. The molecule has 0 saturated heterocycles. The third kappa shape index (κ3) is 3.32. The van der Waals surface area contributed by atoms with Gasteiger partial charge in [0.15, 0.2) is 0 Å². The van der Waals surface area contributed by atoms with Crippen LogP contribution < -0.4 is 10.8 Å². The maximum Gasteiger partial charge on any atom is 0.274 e.